The van der Waals surface area contributed by atoms with Crippen LogP contribution in [0.1, 0.15) is 30.9 Å². The Balaban J connectivity index is 1.58. The van der Waals surface area contributed by atoms with E-state index in [-0.39, 0.29) is 18.2 Å². The lowest BCUT2D eigenvalue weighted by molar-refractivity contribution is -0.118. The third kappa shape index (κ3) is 5.16. The van der Waals surface area contributed by atoms with E-state index in [4.69, 9.17) is 0 Å². The lowest BCUT2D eigenvalue weighted by Gasteiger charge is -2.09. The van der Waals surface area contributed by atoms with Crippen LogP contribution in [0, 0.1) is 11.6 Å². The Morgan fingerprint density at radius 1 is 1.14 bits per heavy atom. The minimum Gasteiger partial charge on any atom is -0.351 e. The maximum Gasteiger partial charge on any atom is 0.230 e. The fraction of sp³-hybridized carbons (Fsp3) is 0.250. The summed E-state index contributed by atoms with van der Waals surface area (Å²) in [6, 6.07) is 11.3. The molecule has 146 valence electrons. The number of amides is 1. The highest BCUT2D eigenvalue weighted by molar-refractivity contribution is 7.99. The van der Waals surface area contributed by atoms with Crippen LogP contribution in [0.25, 0.3) is 5.69 Å². The number of nitrogens with zero attached hydrogens (tertiary/aromatic N) is 3. The van der Waals surface area contributed by atoms with Gasteiger partial charge in [0.15, 0.2) is 5.16 Å². The van der Waals surface area contributed by atoms with Crippen molar-refractivity contribution in [2.45, 2.75) is 31.5 Å². The van der Waals surface area contributed by atoms with Gasteiger partial charge in [0.2, 0.25) is 5.91 Å². The van der Waals surface area contributed by atoms with Gasteiger partial charge in [-0.1, -0.05) is 37.7 Å². The SMILES string of the molecule is CC(C)c1ccc(-n2cnnc2SCC(=O)NCc2cc(F)cc(F)c2)cc1. The van der Waals surface area contributed by atoms with Crippen molar-refractivity contribution in [3.05, 3.63) is 71.6 Å². The molecule has 5 nitrogen and oxygen atoms in total. The predicted molar refractivity (Wildman–Crippen MR) is 104 cm³/mol. The van der Waals surface area contributed by atoms with Crippen LogP contribution in [-0.2, 0) is 11.3 Å². The third-order valence-electron chi connectivity index (χ3n) is 4.10. The number of aromatic nitrogens is 3. The average molecular weight is 402 g/mol. The zero-order valence-corrected chi connectivity index (χ0v) is 16.3. The molecular formula is C20H20F2N4OS. The molecule has 3 aromatic rings. The second kappa shape index (κ2) is 8.97. The van der Waals surface area contributed by atoms with Crippen LogP contribution in [0.15, 0.2) is 53.9 Å². The topological polar surface area (TPSA) is 59.8 Å². The summed E-state index contributed by atoms with van der Waals surface area (Å²) in [6.45, 7) is 4.31. The number of carbonyl (C=O) groups is 1. The number of carbonyl (C=O) groups excluding carboxylic acids is 1. The zero-order valence-electron chi connectivity index (χ0n) is 15.5. The van der Waals surface area contributed by atoms with Gasteiger partial charge in [-0.15, -0.1) is 10.2 Å². The highest BCUT2D eigenvalue weighted by Crippen LogP contribution is 2.21. The van der Waals surface area contributed by atoms with E-state index in [0.29, 0.717) is 16.6 Å². The number of hydrogen-bond acceptors (Lipinski definition) is 4. The molecule has 1 aromatic heterocycles. The molecule has 1 amide bonds. The van der Waals surface area contributed by atoms with Gasteiger partial charge in [-0.25, -0.2) is 8.78 Å². The molecule has 2 aromatic carbocycles. The van der Waals surface area contributed by atoms with Crippen LogP contribution in [0.3, 0.4) is 0 Å². The third-order valence-corrected chi connectivity index (χ3v) is 5.04. The molecule has 8 heteroatoms. The van der Waals surface area contributed by atoms with Crippen molar-refractivity contribution in [2.24, 2.45) is 0 Å². The molecule has 0 bridgehead atoms. The number of hydrogen-bond donors (Lipinski definition) is 1. The molecule has 0 aliphatic carbocycles. The molecule has 0 spiro atoms. The smallest absolute Gasteiger partial charge is 0.230 e. The fourth-order valence-corrected chi connectivity index (χ4v) is 3.37. The van der Waals surface area contributed by atoms with Crippen molar-refractivity contribution < 1.29 is 13.6 Å². The van der Waals surface area contributed by atoms with E-state index in [1.165, 1.54) is 29.5 Å². The Kier molecular flexibility index (Phi) is 6.41. The Bertz CT molecular complexity index is 937. The van der Waals surface area contributed by atoms with E-state index in [1.807, 2.05) is 16.7 Å². The molecule has 3 rings (SSSR count). The van der Waals surface area contributed by atoms with Crippen LogP contribution in [-0.4, -0.2) is 26.4 Å². The molecule has 1 heterocycles. The van der Waals surface area contributed by atoms with Gasteiger partial charge in [-0.2, -0.15) is 0 Å². The standard InChI is InChI=1S/C20H20F2N4OS/c1-13(2)15-3-5-18(6-4-15)26-12-24-25-20(26)28-11-19(27)23-10-14-7-16(21)9-17(22)8-14/h3-9,12-13H,10-11H2,1-2H3,(H,23,27). The van der Waals surface area contributed by atoms with Gasteiger partial charge in [0, 0.05) is 18.3 Å². The van der Waals surface area contributed by atoms with Crippen molar-refractivity contribution >= 4 is 17.7 Å². The molecule has 0 aliphatic heterocycles. The first-order valence-corrected chi connectivity index (χ1v) is 9.76. The molecule has 28 heavy (non-hydrogen) atoms. The second-order valence-electron chi connectivity index (χ2n) is 6.57. The summed E-state index contributed by atoms with van der Waals surface area (Å²) >= 11 is 1.24. The lowest BCUT2D eigenvalue weighted by atomic mass is 10.0. The molecule has 0 unspecified atom stereocenters. The van der Waals surface area contributed by atoms with Crippen molar-refractivity contribution in [3.8, 4) is 5.69 Å². The van der Waals surface area contributed by atoms with E-state index in [0.717, 1.165) is 11.8 Å². The average Bonchev–Trinajstić information content (AvgIpc) is 3.12. The van der Waals surface area contributed by atoms with E-state index in [1.54, 1.807) is 6.33 Å². The van der Waals surface area contributed by atoms with Crippen molar-refractivity contribution in [1.82, 2.24) is 20.1 Å². The molecule has 0 saturated carbocycles. The summed E-state index contributed by atoms with van der Waals surface area (Å²) in [5.41, 5.74) is 2.51. The molecule has 1 N–H and O–H groups in total. The second-order valence-corrected chi connectivity index (χ2v) is 7.52. The number of thioether (sulfide) groups is 1. The fourth-order valence-electron chi connectivity index (χ4n) is 2.61. The summed E-state index contributed by atoms with van der Waals surface area (Å²) < 4.78 is 28.2. The van der Waals surface area contributed by atoms with Gasteiger partial charge >= 0.3 is 0 Å². The van der Waals surface area contributed by atoms with Crippen molar-refractivity contribution in [3.63, 3.8) is 0 Å². The van der Waals surface area contributed by atoms with Gasteiger partial charge in [0.05, 0.1) is 5.75 Å². The highest BCUT2D eigenvalue weighted by atomic mass is 32.2. The van der Waals surface area contributed by atoms with Crippen LogP contribution >= 0.6 is 11.8 Å². The largest absolute Gasteiger partial charge is 0.351 e. The van der Waals surface area contributed by atoms with Crippen molar-refractivity contribution in [1.29, 1.82) is 0 Å². The molecule has 0 aliphatic rings. The van der Waals surface area contributed by atoms with Crippen LogP contribution in [0.5, 0.6) is 0 Å². The predicted octanol–water partition coefficient (Wildman–Crippen LogP) is 4.08. The minimum atomic E-state index is -0.671. The monoisotopic (exact) mass is 402 g/mol. The van der Waals surface area contributed by atoms with Gasteiger partial charge in [0.25, 0.3) is 0 Å². The molecule has 0 radical (unpaired) electrons. The summed E-state index contributed by atoms with van der Waals surface area (Å²) in [7, 11) is 0. The summed E-state index contributed by atoms with van der Waals surface area (Å²) in [6.07, 6.45) is 1.60. The van der Waals surface area contributed by atoms with Gasteiger partial charge in [-0.3, -0.25) is 9.36 Å². The zero-order chi connectivity index (χ0) is 20.1. The number of rotatable bonds is 7. The highest BCUT2D eigenvalue weighted by Gasteiger charge is 2.11. The van der Waals surface area contributed by atoms with Gasteiger partial charge in [-0.05, 0) is 41.3 Å². The Morgan fingerprint density at radius 2 is 1.82 bits per heavy atom. The van der Waals surface area contributed by atoms with Crippen LogP contribution in [0.2, 0.25) is 0 Å². The summed E-state index contributed by atoms with van der Waals surface area (Å²) in [5.74, 6) is -1.05. The van der Waals surface area contributed by atoms with Crippen LogP contribution in [0.4, 0.5) is 8.78 Å². The first kappa shape index (κ1) is 20.0. The number of nitrogens with one attached hydrogen (secondary N) is 1. The molecule has 0 saturated heterocycles. The summed E-state index contributed by atoms with van der Waals surface area (Å²) in [5, 5.41) is 11.2. The van der Waals surface area contributed by atoms with E-state index < -0.39 is 11.6 Å². The minimum absolute atomic E-state index is 0.0530. The van der Waals surface area contributed by atoms with E-state index in [2.05, 4.69) is 41.5 Å². The maximum absolute atomic E-state index is 13.2. The number of halogens is 2. The first-order valence-electron chi connectivity index (χ1n) is 8.77. The quantitative estimate of drug-likeness (QED) is 0.605. The maximum atomic E-state index is 13.2. The molecule has 0 fully saturated rings. The molecule has 0 atom stereocenters. The Labute approximate surface area is 166 Å². The summed E-state index contributed by atoms with van der Waals surface area (Å²) in [4.78, 5) is 12.1. The van der Waals surface area contributed by atoms with Gasteiger partial charge in [0.1, 0.15) is 18.0 Å². The lowest BCUT2D eigenvalue weighted by Crippen LogP contribution is -2.24. The number of benzene rings is 2. The van der Waals surface area contributed by atoms with E-state index >= 15 is 0 Å². The van der Waals surface area contributed by atoms with Crippen LogP contribution < -0.4 is 5.32 Å². The van der Waals surface area contributed by atoms with Gasteiger partial charge < -0.3 is 5.32 Å². The Hall–Kier alpha value is -2.74. The van der Waals surface area contributed by atoms with Crippen molar-refractivity contribution in [2.75, 3.05) is 5.75 Å². The first-order chi connectivity index (χ1) is 13.4. The Morgan fingerprint density at radius 3 is 2.46 bits per heavy atom. The molecular weight excluding hydrogens is 382 g/mol. The normalized spacial score (nSPS) is 11.0. The van der Waals surface area contributed by atoms with E-state index in [9.17, 15) is 13.6 Å².